The number of hydrogen-bond donors (Lipinski definition) is 0. The molecule has 0 bridgehead atoms. The SMILES string of the molecule is Cc1ccc2nc(C(C)Cl)n(CCCN3CCCC3)c2n1. The molecule has 3 rings (SSSR count). The van der Waals surface area contributed by atoms with Crippen LogP contribution in [0.15, 0.2) is 12.1 Å². The molecule has 21 heavy (non-hydrogen) atoms. The number of fused-ring (bicyclic) bond motifs is 1. The largest absolute Gasteiger partial charge is 0.311 e. The van der Waals surface area contributed by atoms with Crippen molar-refractivity contribution in [3.63, 3.8) is 0 Å². The number of rotatable bonds is 5. The smallest absolute Gasteiger partial charge is 0.160 e. The minimum atomic E-state index is -0.0914. The van der Waals surface area contributed by atoms with E-state index < -0.39 is 0 Å². The lowest BCUT2D eigenvalue weighted by atomic mass is 10.3. The van der Waals surface area contributed by atoms with Gasteiger partial charge in [0, 0.05) is 12.2 Å². The van der Waals surface area contributed by atoms with Gasteiger partial charge in [0.15, 0.2) is 5.65 Å². The summed E-state index contributed by atoms with van der Waals surface area (Å²) in [5.41, 5.74) is 2.94. The molecular formula is C16H23ClN4. The summed E-state index contributed by atoms with van der Waals surface area (Å²) in [6, 6.07) is 4.05. The molecule has 0 aromatic carbocycles. The first-order valence-corrected chi connectivity index (χ1v) is 8.29. The van der Waals surface area contributed by atoms with E-state index >= 15 is 0 Å². The maximum atomic E-state index is 6.30. The van der Waals surface area contributed by atoms with Crippen LogP contribution in [0.4, 0.5) is 0 Å². The molecule has 0 amide bonds. The molecule has 1 aliphatic heterocycles. The predicted octanol–water partition coefficient (Wildman–Crippen LogP) is 3.53. The number of alkyl halides is 1. The zero-order valence-corrected chi connectivity index (χ0v) is 13.6. The van der Waals surface area contributed by atoms with Crippen LogP contribution in [0.1, 0.15) is 43.1 Å². The lowest BCUT2D eigenvalue weighted by Gasteiger charge is -2.15. The van der Waals surface area contributed by atoms with Gasteiger partial charge in [0.1, 0.15) is 11.3 Å². The van der Waals surface area contributed by atoms with Gasteiger partial charge in [0.2, 0.25) is 0 Å². The van der Waals surface area contributed by atoms with Crippen LogP contribution in [-0.4, -0.2) is 39.1 Å². The number of halogens is 1. The van der Waals surface area contributed by atoms with Crippen molar-refractivity contribution < 1.29 is 0 Å². The third kappa shape index (κ3) is 3.22. The average Bonchev–Trinajstić information content (AvgIpc) is 3.07. The second kappa shape index (κ2) is 6.32. The molecule has 2 aromatic rings. The lowest BCUT2D eigenvalue weighted by molar-refractivity contribution is 0.325. The van der Waals surface area contributed by atoms with Gasteiger partial charge in [-0.05, 0) is 64.9 Å². The minimum absolute atomic E-state index is 0.0914. The van der Waals surface area contributed by atoms with E-state index in [1.165, 1.54) is 25.9 Å². The topological polar surface area (TPSA) is 34.0 Å². The third-order valence-electron chi connectivity index (χ3n) is 4.17. The Hall–Kier alpha value is -1.13. The highest BCUT2D eigenvalue weighted by molar-refractivity contribution is 6.20. The van der Waals surface area contributed by atoms with Gasteiger partial charge in [0.25, 0.3) is 0 Å². The zero-order valence-electron chi connectivity index (χ0n) is 12.8. The summed E-state index contributed by atoms with van der Waals surface area (Å²) in [6.45, 7) is 8.59. The maximum Gasteiger partial charge on any atom is 0.160 e. The van der Waals surface area contributed by atoms with Crippen molar-refractivity contribution in [2.75, 3.05) is 19.6 Å². The molecule has 4 nitrogen and oxygen atoms in total. The lowest BCUT2D eigenvalue weighted by Crippen LogP contribution is -2.22. The van der Waals surface area contributed by atoms with Gasteiger partial charge in [-0.3, -0.25) is 0 Å². The third-order valence-corrected chi connectivity index (χ3v) is 4.37. The van der Waals surface area contributed by atoms with Crippen molar-refractivity contribution >= 4 is 22.8 Å². The van der Waals surface area contributed by atoms with Crippen LogP contribution in [0, 0.1) is 6.92 Å². The highest BCUT2D eigenvalue weighted by atomic mass is 35.5. The van der Waals surface area contributed by atoms with Crippen LogP contribution in [0.2, 0.25) is 0 Å². The summed E-state index contributed by atoms with van der Waals surface area (Å²) in [5.74, 6) is 0.936. The fraction of sp³-hybridized carbons (Fsp3) is 0.625. The molecule has 0 saturated carbocycles. The Bertz CT molecular complexity index is 614. The normalized spacial score (nSPS) is 17.7. The second-order valence-corrected chi connectivity index (χ2v) is 6.59. The van der Waals surface area contributed by atoms with Crippen LogP contribution in [0.3, 0.4) is 0 Å². The summed E-state index contributed by atoms with van der Waals surface area (Å²) in [5, 5.41) is -0.0914. The van der Waals surface area contributed by atoms with Crippen molar-refractivity contribution in [3.8, 4) is 0 Å². The van der Waals surface area contributed by atoms with Gasteiger partial charge in [-0.25, -0.2) is 9.97 Å². The molecule has 0 N–H and O–H groups in total. The Morgan fingerprint density at radius 3 is 2.67 bits per heavy atom. The quantitative estimate of drug-likeness (QED) is 0.793. The van der Waals surface area contributed by atoms with E-state index in [9.17, 15) is 0 Å². The van der Waals surface area contributed by atoms with Crippen molar-refractivity contribution in [2.24, 2.45) is 0 Å². The van der Waals surface area contributed by atoms with E-state index in [-0.39, 0.29) is 5.38 Å². The van der Waals surface area contributed by atoms with Crippen molar-refractivity contribution in [3.05, 3.63) is 23.7 Å². The average molecular weight is 307 g/mol. The summed E-state index contributed by atoms with van der Waals surface area (Å²) < 4.78 is 2.20. The Kier molecular flexibility index (Phi) is 4.45. The molecular weight excluding hydrogens is 284 g/mol. The van der Waals surface area contributed by atoms with Crippen LogP contribution in [-0.2, 0) is 6.54 Å². The van der Waals surface area contributed by atoms with Gasteiger partial charge in [-0.15, -0.1) is 11.6 Å². The number of likely N-dealkylation sites (tertiary alicyclic amines) is 1. The number of hydrogen-bond acceptors (Lipinski definition) is 3. The molecule has 3 heterocycles. The number of nitrogens with zero attached hydrogens (tertiary/aromatic N) is 4. The van der Waals surface area contributed by atoms with Gasteiger partial charge in [0.05, 0.1) is 5.38 Å². The Morgan fingerprint density at radius 2 is 1.95 bits per heavy atom. The number of imidazole rings is 1. The maximum absolute atomic E-state index is 6.30. The first kappa shape index (κ1) is 14.8. The summed E-state index contributed by atoms with van der Waals surface area (Å²) in [6.07, 6.45) is 3.81. The van der Waals surface area contributed by atoms with E-state index in [4.69, 9.17) is 11.6 Å². The molecule has 114 valence electrons. The number of pyridine rings is 1. The Labute approximate surface area is 131 Å². The molecule has 2 aromatic heterocycles. The van der Waals surface area contributed by atoms with Crippen molar-refractivity contribution in [1.29, 1.82) is 0 Å². The number of aromatic nitrogens is 3. The molecule has 0 spiro atoms. The first-order chi connectivity index (χ1) is 10.1. The summed E-state index contributed by atoms with van der Waals surface area (Å²) >= 11 is 6.30. The first-order valence-electron chi connectivity index (χ1n) is 7.85. The van der Waals surface area contributed by atoms with Gasteiger partial charge in [-0.2, -0.15) is 0 Å². The van der Waals surface area contributed by atoms with Crippen LogP contribution >= 0.6 is 11.6 Å². The fourth-order valence-corrected chi connectivity index (χ4v) is 3.26. The highest BCUT2D eigenvalue weighted by Gasteiger charge is 2.17. The van der Waals surface area contributed by atoms with Gasteiger partial charge in [-0.1, -0.05) is 0 Å². The van der Waals surface area contributed by atoms with E-state index in [1.807, 2.05) is 26.0 Å². The molecule has 1 unspecified atom stereocenters. The summed E-state index contributed by atoms with van der Waals surface area (Å²) in [4.78, 5) is 11.9. The summed E-state index contributed by atoms with van der Waals surface area (Å²) in [7, 11) is 0. The van der Waals surface area contributed by atoms with Crippen LogP contribution in [0.25, 0.3) is 11.2 Å². The molecule has 1 fully saturated rings. The molecule has 1 saturated heterocycles. The van der Waals surface area contributed by atoms with Crippen LogP contribution in [0.5, 0.6) is 0 Å². The van der Waals surface area contributed by atoms with E-state index in [0.29, 0.717) is 0 Å². The second-order valence-electron chi connectivity index (χ2n) is 5.94. The highest BCUT2D eigenvalue weighted by Crippen LogP contribution is 2.24. The van der Waals surface area contributed by atoms with E-state index in [2.05, 4.69) is 19.4 Å². The van der Waals surface area contributed by atoms with E-state index in [1.54, 1.807) is 0 Å². The fourth-order valence-electron chi connectivity index (χ4n) is 3.10. The predicted molar refractivity (Wildman–Crippen MR) is 86.8 cm³/mol. The molecule has 1 atom stereocenters. The van der Waals surface area contributed by atoms with Crippen LogP contribution < -0.4 is 0 Å². The molecule has 5 heteroatoms. The van der Waals surface area contributed by atoms with Crippen molar-refractivity contribution in [1.82, 2.24) is 19.4 Å². The van der Waals surface area contributed by atoms with Gasteiger partial charge >= 0.3 is 0 Å². The minimum Gasteiger partial charge on any atom is -0.311 e. The Morgan fingerprint density at radius 1 is 1.19 bits per heavy atom. The standard InChI is InChI=1S/C16H23ClN4/c1-12-6-7-14-16(18-12)21(15(19-14)13(2)17)11-5-10-20-8-3-4-9-20/h6-7,13H,3-5,8-11H2,1-2H3. The molecule has 1 aliphatic rings. The van der Waals surface area contributed by atoms with Crippen molar-refractivity contribution in [2.45, 2.75) is 45.0 Å². The van der Waals surface area contributed by atoms with E-state index in [0.717, 1.165) is 42.2 Å². The molecule has 0 radical (unpaired) electrons. The molecule has 0 aliphatic carbocycles. The Balaban J connectivity index is 1.80. The zero-order chi connectivity index (χ0) is 14.8. The van der Waals surface area contributed by atoms with Gasteiger partial charge < -0.3 is 9.47 Å². The number of aryl methyl sites for hydroxylation is 2. The monoisotopic (exact) mass is 306 g/mol.